The van der Waals surface area contributed by atoms with E-state index >= 15 is 0 Å². The second kappa shape index (κ2) is 8.99. The van der Waals surface area contributed by atoms with Gasteiger partial charge < -0.3 is 26.4 Å². The number of amides is 1. The number of rotatable bonds is 7. The third-order valence-electron chi connectivity index (χ3n) is 5.48. The highest BCUT2D eigenvalue weighted by Gasteiger charge is 2.21. The van der Waals surface area contributed by atoms with Crippen LogP contribution in [-0.2, 0) is 4.79 Å². The van der Waals surface area contributed by atoms with Crippen molar-refractivity contribution < 1.29 is 9.53 Å². The fourth-order valence-electron chi connectivity index (χ4n) is 3.87. The number of carbonyl (C=O) groups is 1. The number of para-hydroxylation sites is 1. The Kier molecular flexibility index (Phi) is 5.73. The van der Waals surface area contributed by atoms with Gasteiger partial charge in [-0.3, -0.25) is 4.79 Å². The number of hydrogen-bond acceptors (Lipinski definition) is 7. The lowest BCUT2D eigenvalue weighted by Crippen LogP contribution is -2.34. The van der Waals surface area contributed by atoms with E-state index in [1.807, 2.05) is 80.6 Å². The predicted molar refractivity (Wildman–Crippen MR) is 134 cm³/mol. The summed E-state index contributed by atoms with van der Waals surface area (Å²) in [5.41, 5.74) is 10.6. The number of nitrogens with one attached hydrogen (secondary N) is 3. The van der Waals surface area contributed by atoms with Crippen molar-refractivity contribution in [2.24, 2.45) is 5.73 Å². The van der Waals surface area contributed by atoms with Crippen LogP contribution in [0, 0.1) is 0 Å². The molecule has 0 bridgehead atoms. The van der Waals surface area contributed by atoms with Gasteiger partial charge in [0.05, 0.1) is 5.52 Å². The third kappa shape index (κ3) is 4.49. The van der Waals surface area contributed by atoms with Crippen LogP contribution in [0.1, 0.15) is 25.6 Å². The summed E-state index contributed by atoms with van der Waals surface area (Å²) in [5, 5.41) is 10.3. The van der Waals surface area contributed by atoms with Gasteiger partial charge in [0, 0.05) is 33.9 Å². The molecule has 3 aromatic carbocycles. The van der Waals surface area contributed by atoms with Crippen molar-refractivity contribution in [3.8, 4) is 17.1 Å². The van der Waals surface area contributed by atoms with E-state index in [4.69, 9.17) is 20.4 Å². The first-order valence-electron chi connectivity index (χ1n) is 11.2. The van der Waals surface area contributed by atoms with Gasteiger partial charge in [-0.15, -0.1) is 0 Å². The first kappa shape index (κ1) is 21.7. The van der Waals surface area contributed by atoms with Crippen molar-refractivity contribution >= 4 is 34.0 Å². The Hall–Kier alpha value is -4.17. The molecule has 5 rings (SSSR count). The first-order valence-corrected chi connectivity index (χ1v) is 11.2. The summed E-state index contributed by atoms with van der Waals surface area (Å²) in [4.78, 5) is 21.5. The largest absolute Gasteiger partial charge is 0.484 e. The van der Waals surface area contributed by atoms with Crippen LogP contribution < -0.4 is 26.4 Å². The van der Waals surface area contributed by atoms with Crippen LogP contribution in [0.15, 0.2) is 66.7 Å². The number of fused-ring (bicyclic) bond motifs is 2. The minimum atomic E-state index is -0.165. The van der Waals surface area contributed by atoms with Crippen LogP contribution in [0.2, 0.25) is 0 Å². The van der Waals surface area contributed by atoms with Crippen molar-refractivity contribution in [1.82, 2.24) is 15.3 Å². The van der Waals surface area contributed by atoms with E-state index in [2.05, 4.69) is 16.0 Å². The van der Waals surface area contributed by atoms with Gasteiger partial charge in [0.25, 0.3) is 5.91 Å². The Morgan fingerprint density at radius 2 is 1.94 bits per heavy atom. The van der Waals surface area contributed by atoms with E-state index in [9.17, 15) is 4.79 Å². The number of benzene rings is 3. The minimum absolute atomic E-state index is 0.0532. The molecule has 5 N–H and O–H groups in total. The van der Waals surface area contributed by atoms with Gasteiger partial charge in [0.15, 0.2) is 12.4 Å². The summed E-state index contributed by atoms with van der Waals surface area (Å²) in [6.07, 6.45) is -0.153. The highest BCUT2D eigenvalue weighted by molar-refractivity contribution is 5.92. The molecule has 0 fully saturated rings. The van der Waals surface area contributed by atoms with Crippen LogP contribution in [0.25, 0.3) is 22.3 Å². The molecule has 0 saturated heterocycles. The van der Waals surface area contributed by atoms with E-state index in [0.29, 0.717) is 17.4 Å². The van der Waals surface area contributed by atoms with Crippen LogP contribution in [0.3, 0.4) is 0 Å². The lowest BCUT2D eigenvalue weighted by atomic mass is 10.0. The van der Waals surface area contributed by atoms with Crippen LogP contribution >= 0.6 is 0 Å². The van der Waals surface area contributed by atoms with E-state index < -0.39 is 0 Å². The second-order valence-corrected chi connectivity index (χ2v) is 8.50. The average molecular weight is 455 g/mol. The molecule has 1 aliphatic heterocycles. The third-order valence-corrected chi connectivity index (χ3v) is 5.48. The maximum absolute atomic E-state index is 11.9. The number of hydrogen-bond donors (Lipinski definition) is 4. The van der Waals surface area contributed by atoms with Gasteiger partial charge in [0.2, 0.25) is 0 Å². The molecule has 0 saturated carbocycles. The molecule has 0 aliphatic carbocycles. The smallest absolute Gasteiger partial charge is 0.258 e. The van der Waals surface area contributed by atoms with Gasteiger partial charge >= 0.3 is 0 Å². The van der Waals surface area contributed by atoms with E-state index in [0.717, 1.165) is 33.4 Å². The summed E-state index contributed by atoms with van der Waals surface area (Å²) in [6, 6.07) is 21.4. The topological polar surface area (TPSA) is 114 Å². The van der Waals surface area contributed by atoms with Crippen LogP contribution in [0.5, 0.6) is 5.75 Å². The molecule has 8 nitrogen and oxygen atoms in total. The zero-order valence-electron chi connectivity index (χ0n) is 19.0. The van der Waals surface area contributed by atoms with Gasteiger partial charge in [-0.1, -0.05) is 24.3 Å². The SMILES string of the molecule is CC(C)NC(=O)COc1cccc(-c2nc(Nc3ccc4c(c3)C(N)N4)c3ccccc3n2)c1. The maximum atomic E-state index is 11.9. The van der Waals surface area contributed by atoms with Crippen LogP contribution in [0.4, 0.5) is 17.2 Å². The highest BCUT2D eigenvalue weighted by atomic mass is 16.5. The van der Waals surface area contributed by atoms with E-state index in [-0.39, 0.29) is 24.7 Å². The molecule has 4 aromatic rings. The molecule has 1 unspecified atom stereocenters. The molecule has 172 valence electrons. The number of nitrogens with two attached hydrogens (primary N) is 1. The van der Waals surface area contributed by atoms with Crippen molar-refractivity contribution in [3.05, 3.63) is 72.3 Å². The molecule has 0 radical (unpaired) electrons. The monoisotopic (exact) mass is 454 g/mol. The molecule has 1 aliphatic rings. The Balaban J connectivity index is 1.45. The van der Waals surface area contributed by atoms with Crippen molar-refractivity contribution in [3.63, 3.8) is 0 Å². The molecular weight excluding hydrogens is 428 g/mol. The molecule has 1 amide bonds. The first-order chi connectivity index (χ1) is 16.5. The summed E-state index contributed by atoms with van der Waals surface area (Å²) in [6.45, 7) is 3.77. The van der Waals surface area contributed by atoms with Crippen molar-refractivity contribution in [2.75, 3.05) is 17.2 Å². The zero-order chi connectivity index (χ0) is 23.7. The van der Waals surface area contributed by atoms with Crippen molar-refractivity contribution in [1.29, 1.82) is 0 Å². The number of ether oxygens (including phenoxy) is 1. The molecular formula is C26H26N6O2. The Morgan fingerprint density at radius 1 is 1.09 bits per heavy atom. The molecule has 1 aromatic heterocycles. The Morgan fingerprint density at radius 3 is 2.76 bits per heavy atom. The standard InChI is InChI=1S/C26H26N6O2/c1-15(2)28-23(33)14-34-18-7-5-6-16(12-18)25-31-21-9-4-3-8-19(21)26(32-25)29-17-10-11-22-20(13-17)24(27)30-22/h3-13,15,24,30H,14,27H2,1-2H3,(H,28,33)(H,29,31,32). The fraction of sp³-hybridized carbons (Fsp3) is 0.192. The lowest BCUT2D eigenvalue weighted by Gasteiger charge is -2.29. The number of carbonyl (C=O) groups excluding carboxylic acids is 1. The molecule has 8 heteroatoms. The van der Waals surface area contributed by atoms with Gasteiger partial charge in [-0.25, -0.2) is 9.97 Å². The number of anilines is 3. The van der Waals surface area contributed by atoms with Gasteiger partial charge in [-0.2, -0.15) is 0 Å². The zero-order valence-corrected chi connectivity index (χ0v) is 19.0. The number of nitrogens with zero attached hydrogens (tertiary/aromatic N) is 2. The fourth-order valence-corrected chi connectivity index (χ4v) is 3.87. The molecule has 34 heavy (non-hydrogen) atoms. The molecule has 0 spiro atoms. The van der Waals surface area contributed by atoms with E-state index in [1.54, 1.807) is 0 Å². The quantitative estimate of drug-likeness (QED) is 0.329. The second-order valence-electron chi connectivity index (χ2n) is 8.50. The average Bonchev–Trinajstić information content (AvgIpc) is 2.83. The lowest BCUT2D eigenvalue weighted by molar-refractivity contribution is -0.123. The summed E-state index contributed by atoms with van der Waals surface area (Å²) in [7, 11) is 0. The summed E-state index contributed by atoms with van der Waals surface area (Å²) >= 11 is 0. The molecule has 1 atom stereocenters. The Labute approximate surface area is 197 Å². The number of aromatic nitrogens is 2. The normalized spacial score (nSPS) is 14.2. The predicted octanol–water partition coefficient (Wildman–Crippen LogP) is 4.33. The summed E-state index contributed by atoms with van der Waals surface area (Å²) in [5.74, 6) is 1.67. The maximum Gasteiger partial charge on any atom is 0.258 e. The van der Waals surface area contributed by atoms with Crippen LogP contribution in [-0.4, -0.2) is 28.5 Å². The Bertz CT molecular complexity index is 1370. The van der Waals surface area contributed by atoms with Crippen molar-refractivity contribution in [2.45, 2.75) is 26.1 Å². The summed E-state index contributed by atoms with van der Waals surface area (Å²) < 4.78 is 5.68. The molecule has 2 heterocycles. The van der Waals surface area contributed by atoms with Gasteiger partial charge in [0.1, 0.15) is 17.7 Å². The van der Waals surface area contributed by atoms with Gasteiger partial charge in [-0.05, 0) is 56.3 Å². The van der Waals surface area contributed by atoms with E-state index in [1.165, 1.54) is 0 Å². The minimum Gasteiger partial charge on any atom is -0.484 e. The highest BCUT2D eigenvalue weighted by Crippen LogP contribution is 2.36.